The van der Waals surface area contributed by atoms with Crippen LogP contribution in [0.25, 0.3) is 0 Å². The highest BCUT2D eigenvalue weighted by atomic mass is 32.3. The fourth-order valence-corrected chi connectivity index (χ4v) is 3.90. The van der Waals surface area contributed by atoms with Gasteiger partial charge in [-0.3, -0.25) is 13.9 Å². The van der Waals surface area contributed by atoms with Crippen molar-refractivity contribution in [2.45, 2.75) is 24.7 Å². The number of hydrogen-bond donors (Lipinski definition) is 2. The zero-order valence-corrected chi connectivity index (χ0v) is 12.6. The van der Waals surface area contributed by atoms with Crippen LogP contribution in [0, 0.1) is 12.8 Å². The summed E-state index contributed by atoms with van der Waals surface area (Å²) in [6.45, 7) is 2.92. The molecular weight excluding hydrogens is 278 g/mol. The molecule has 0 radical (unpaired) electrons. The van der Waals surface area contributed by atoms with E-state index in [1.165, 1.54) is 7.11 Å². The number of ether oxygens (including phenoxy) is 1. The van der Waals surface area contributed by atoms with Crippen LogP contribution in [0.5, 0.6) is 0 Å². The van der Waals surface area contributed by atoms with Gasteiger partial charge in [-0.25, -0.2) is 4.31 Å². The number of esters is 1. The lowest BCUT2D eigenvalue weighted by Gasteiger charge is -2.45. The summed E-state index contributed by atoms with van der Waals surface area (Å²) in [5.74, 6) is -0.346. The average molecular weight is 299 g/mol. The third-order valence-corrected chi connectivity index (χ3v) is 5.68. The Labute approximate surface area is 121 Å². The van der Waals surface area contributed by atoms with Crippen LogP contribution in [0.2, 0.25) is 0 Å². The number of nitrogens with zero attached hydrogens (tertiary/aromatic N) is 1. The van der Waals surface area contributed by atoms with Crippen molar-refractivity contribution in [2.24, 2.45) is 5.92 Å². The smallest absolute Gasteiger partial charge is 0.308 e. The summed E-state index contributed by atoms with van der Waals surface area (Å²) in [7, 11) is -1.57. The van der Waals surface area contributed by atoms with E-state index in [1.807, 2.05) is 19.1 Å². The van der Waals surface area contributed by atoms with Gasteiger partial charge in [0.25, 0.3) is 0 Å². The molecule has 0 spiro atoms. The summed E-state index contributed by atoms with van der Waals surface area (Å²) in [6.07, 6.45) is 1.18. The molecule has 0 atom stereocenters. The molecule has 1 aromatic carbocycles. The highest BCUT2D eigenvalue weighted by Crippen LogP contribution is 2.52. The first-order chi connectivity index (χ1) is 9.45. The largest absolute Gasteiger partial charge is 0.469 e. The lowest BCUT2D eigenvalue weighted by Crippen LogP contribution is -2.38. The van der Waals surface area contributed by atoms with E-state index in [1.54, 1.807) is 16.4 Å². The molecule has 112 valence electrons. The second kappa shape index (κ2) is 6.13. The molecule has 0 amide bonds. The number of methoxy groups -OCH3 is 1. The van der Waals surface area contributed by atoms with E-state index in [-0.39, 0.29) is 11.9 Å². The van der Waals surface area contributed by atoms with Crippen molar-refractivity contribution < 1.29 is 18.6 Å². The van der Waals surface area contributed by atoms with Crippen LogP contribution in [-0.2, 0) is 9.53 Å². The summed E-state index contributed by atoms with van der Waals surface area (Å²) in [4.78, 5) is 12.0. The molecule has 0 aliphatic carbocycles. The van der Waals surface area contributed by atoms with Crippen LogP contribution in [-0.4, -0.2) is 39.6 Å². The van der Waals surface area contributed by atoms with Crippen LogP contribution in [0.15, 0.2) is 29.2 Å². The molecule has 1 saturated heterocycles. The van der Waals surface area contributed by atoms with E-state index in [0.717, 1.165) is 5.56 Å². The summed E-state index contributed by atoms with van der Waals surface area (Å²) in [5.41, 5.74) is 1.08. The molecule has 2 N–H and O–H groups in total. The van der Waals surface area contributed by atoms with Gasteiger partial charge < -0.3 is 4.74 Å². The van der Waals surface area contributed by atoms with Crippen molar-refractivity contribution in [2.75, 3.05) is 20.2 Å². The van der Waals surface area contributed by atoms with Crippen LogP contribution in [0.3, 0.4) is 0 Å². The maximum Gasteiger partial charge on any atom is 0.308 e. The minimum Gasteiger partial charge on any atom is -0.469 e. The molecule has 1 aliphatic rings. The Morgan fingerprint density at radius 1 is 1.25 bits per heavy atom. The average Bonchev–Trinajstić information content (AvgIpc) is 2.47. The maximum atomic E-state index is 11.5. The van der Waals surface area contributed by atoms with Crippen molar-refractivity contribution in [1.82, 2.24) is 4.31 Å². The third-order valence-electron chi connectivity index (χ3n) is 3.69. The summed E-state index contributed by atoms with van der Waals surface area (Å²) in [5, 5.41) is 0. The van der Waals surface area contributed by atoms with Gasteiger partial charge >= 0.3 is 5.97 Å². The second-order valence-corrected chi connectivity index (χ2v) is 7.08. The molecule has 0 unspecified atom stereocenters. The molecule has 5 nitrogen and oxygen atoms in total. The molecule has 1 aromatic rings. The van der Waals surface area contributed by atoms with Crippen LogP contribution < -0.4 is 0 Å². The SMILES string of the molecule is COC(=O)C1CCN(S(O)(O)c2ccc(C)cc2)CC1. The predicted molar refractivity (Wildman–Crippen MR) is 78.6 cm³/mol. The van der Waals surface area contributed by atoms with E-state index in [2.05, 4.69) is 0 Å². The Balaban J connectivity index is 2.05. The van der Waals surface area contributed by atoms with Gasteiger partial charge in [-0.2, -0.15) is 0 Å². The first-order valence-corrected chi connectivity index (χ1v) is 8.13. The molecule has 1 fully saturated rings. The van der Waals surface area contributed by atoms with E-state index < -0.39 is 10.8 Å². The zero-order chi connectivity index (χ0) is 14.8. The summed E-state index contributed by atoms with van der Waals surface area (Å²) >= 11 is 0. The zero-order valence-electron chi connectivity index (χ0n) is 11.8. The Bertz CT molecular complexity index is 467. The van der Waals surface area contributed by atoms with E-state index in [4.69, 9.17) is 4.74 Å². The van der Waals surface area contributed by atoms with Gasteiger partial charge in [0.15, 0.2) is 0 Å². The molecule has 6 heteroatoms. The first kappa shape index (κ1) is 15.3. The number of aryl methyl sites for hydroxylation is 1. The molecule has 2 rings (SSSR count). The molecule has 1 heterocycles. The Morgan fingerprint density at radius 2 is 1.80 bits per heavy atom. The number of carbonyl (C=O) groups excluding carboxylic acids is 1. The molecule has 1 aliphatic heterocycles. The predicted octanol–water partition coefficient (Wildman–Crippen LogP) is 2.90. The normalized spacial score (nSPS) is 18.8. The Hall–Kier alpha value is -1.08. The van der Waals surface area contributed by atoms with Gasteiger partial charge in [-0.05, 0) is 31.9 Å². The number of hydrogen-bond acceptors (Lipinski definition) is 5. The van der Waals surface area contributed by atoms with Crippen molar-refractivity contribution in [3.8, 4) is 0 Å². The number of rotatable bonds is 3. The molecular formula is C14H21NO4S. The van der Waals surface area contributed by atoms with Crippen LogP contribution >= 0.6 is 10.8 Å². The molecule has 20 heavy (non-hydrogen) atoms. The van der Waals surface area contributed by atoms with E-state index >= 15 is 0 Å². The van der Waals surface area contributed by atoms with Gasteiger partial charge in [-0.15, -0.1) is 10.8 Å². The number of benzene rings is 1. The Morgan fingerprint density at radius 3 is 2.30 bits per heavy atom. The van der Waals surface area contributed by atoms with Gasteiger partial charge in [0.2, 0.25) is 0 Å². The van der Waals surface area contributed by atoms with Gasteiger partial charge in [0, 0.05) is 13.1 Å². The summed E-state index contributed by atoms with van der Waals surface area (Å²) in [6, 6.07) is 7.23. The molecule has 0 saturated carbocycles. The minimum atomic E-state index is -2.95. The van der Waals surface area contributed by atoms with Gasteiger partial charge in [0.1, 0.15) is 0 Å². The van der Waals surface area contributed by atoms with E-state index in [0.29, 0.717) is 30.8 Å². The topological polar surface area (TPSA) is 70.0 Å². The van der Waals surface area contributed by atoms with Gasteiger partial charge in [-0.1, -0.05) is 17.7 Å². The highest BCUT2D eigenvalue weighted by Gasteiger charge is 2.32. The van der Waals surface area contributed by atoms with Gasteiger partial charge in [0.05, 0.1) is 17.9 Å². The second-order valence-electron chi connectivity index (χ2n) is 5.06. The van der Waals surface area contributed by atoms with E-state index in [9.17, 15) is 13.9 Å². The fraction of sp³-hybridized carbons (Fsp3) is 0.500. The lowest BCUT2D eigenvalue weighted by atomic mass is 9.99. The van der Waals surface area contributed by atoms with Crippen molar-refractivity contribution in [3.05, 3.63) is 29.8 Å². The summed E-state index contributed by atoms with van der Waals surface area (Å²) < 4.78 is 27.3. The van der Waals surface area contributed by atoms with Crippen LogP contribution in [0.4, 0.5) is 0 Å². The lowest BCUT2D eigenvalue weighted by molar-refractivity contribution is -0.146. The standard InChI is InChI=1S/C14H21NO4S/c1-11-3-5-13(6-4-11)20(17,18)15-9-7-12(8-10-15)14(16)19-2/h3-6,12,17-18H,7-10H2,1-2H3. The molecule has 0 aromatic heterocycles. The van der Waals surface area contributed by atoms with Crippen molar-refractivity contribution in [3.63, 3.8) is 0 Å². The third kappa shape index (κ3) is 3.15. The quantitative estimate of drug-likeness (QED) is 0.840. The van der Waals surface area contributed by atoms with Crippen LogP contribution in [0.1, 0.15) is 18.4 Å². The maximum absolute atomic E-state index is 11.5. The molecule has 0 bridgehead atoms. The monoisotopic (exact) mass is 299 g/mol. The number of carbonyl (C=O) groups is 1. The Kier molecular flexibility index (Phi) is 4.70. The first-order valence-electron chi connectivity index (χ1n) is 6.63. The number of piperidine rings is 1. The fourth-order valence-electron chi connectivity index (χ4n) is 2.38. The van der Waals surface area contributed by atoms with Crippen molar-refractivity contribution >= 4 is 16.7 Å². The minimum absolute atomic E-state index is 0.135. The highest BCUT2D eigenvalue weighted by molar-refractivity contribution is 8.22. The van der Waals surface area contributed by atoms with Crippen molar-refractivity contribution in [1.29, 1.82) is 0 Å².